The molecule has 0 bridgehead atoms. The maximum Gasteiger partial charge on any atom is 0.269 e. The van der Waals surface area contributed by atoms with Gasteiger partial charge in [-0.1, -0.05) is 30.3 Å². The molecule has 0 saturated carbocycles. The molecule has 7 nitrogen and oxygen atoms in total. The van der Waals surface area contributed by atoms with Crippen molar-refractivity contribution in [1.29, 1.82) is 0 Å². The summed E-state index contributed by atoms with van der Waals surface area (Å²) >= 11 is 1.48. The number of benzene rings is 2. The number of thioether (sulfide) groups is 1. The minimum atomic E-state index is -0.389. The number of rotatable bonds is 7. The molecule has 0 spiro atoms. The summed E-state index contributed by atoms with van der Waals surface area (Å²) in [6.45, 7) is 6.16. The maximum atomic E-state index is 13.6. The minimum Gasteiger partial charge on any atom is -0.294 e. The second-order valence-corrected chi connectivity index (χ2v) is 9.35. The fourth-order valence-corrected chi connectivity index (χ4v) is 5.04. The van der Waals surface area contributed by atoms with Crippen molar-refractivity contribution in [3.05, 3.63) is 75.9 Å². The fourth-order valence-electron chi connectivity index (χ4n) is 4.05. The monoisotopic (exact) mass is 455 g/mol. The van der Waals surface area contributed by atoms with E-state index in [1.165, 1.54) is 49.2 Å². The van der Waals surface area contributed by atoms with E-state index in [-0.39, 0.29) is 27.7 Å². The van der Waals surface area contributed by atoms with Crippen LogP contribution in [-0.2, 0) is 0 Å². The van der Waals surface area contributed by atoms with Crippen LogP contribution in [0.5, 0.6) is 0 Å². The summed E-state index contributed by atoms with van der Waals surface area (Å²) in [6.07, 6.45) is 3.58. The molecule has 2 heterocycles. The number of likely N-dealkylation sites (tertiary alicyclic amines) is 1. The lowest BCUT2D eigenvalue weighted by molar-refractivity contribution is -0.384. The SMILES string of the molecule is CC(Sc1nnc(C(C)N2CCCCC2)n1-c1ccc(F)cc1)c1cccc([N+](=O)[O-])c1. The largest absolute Gasteiger partial charge is 0.294 e. The average molecular weight is 456 g/mol. The lowest BCUT2D eigenvalue weighted by atomic mass is 10.1. The Kier molecular flexibility index (Phi) is 6.86. The highest BCUT2D eigenvalue weighted by Crippen LogP contribution is 2.37. The van der Waals surface area contributed by atoms with Crippen LogP contribution in [0.15, 0.2) is 53.7 Å². The smallest absolute Gasteiger partial charge is 0.269 e. The van der Waals surface area contributed by atoms with Gasteiger partial charge in [-0.25, -0.2) is 4.39 Å². The van der Waals surface area contributed by atoms with Crippen LogP contribution in [-0.4, -0.2) is 37.7 Å². The molecule has 4 rings (SSSR count). The number of nitro groups is 1. The van der Waals surface area contributed by atoms with Gasteiger partial charge in [0.2, 0.25) is 0 Å². The van der Waals surface area contributed by atoms with E-state index in [2.05, 4.69) is 22.0 Å². The Morgan fingerprint density at radius 3 is 2.47 bits per heavy atom. The normalized spacial score (nSPS) is 16.6. The van der Waals surface area contributed by atoms with Crippen molar-refractivity contribution in [3.8, 4) is 5.69 Å². The van der Waals surface area contributed by atoms with Crippen LogP contribution in [0.4, 0.5) is 10.1 Å². The second kappa shape index (κ2) is 9.79. The quantitative estimate of drug-likeness (QED) is 0.258. The molecule has 2 unspecified atom stereocenters. The van der Waals surface area contributed by atoms with Gasteiger partial charge in [0.05, 0.1) is 11.0 Å². The van der Waals surface area contributed by atoms with Crippen molar-refractivity contribution in [2.45, 2.75) is 49.6 Å². The third kappa shape index (κ3) is 4.83. The van der Waals surface area contributed by atoms with Gasteiger partial charge in [0, 0.05) is 23.1 Å². The molecule has 1 aromatic heterocycles. The first-order valence-electron chi connectivity index (χ1n) is 10.8. The highest BCUT2D eigenvalue weighted by Gasteiger charge is 2.26. The van der Waals surface area contributed by atoms with Crippen LogP contribution < -0.4 is 0 Å². The van der Waals surface area contributed by atoms with Crippen LogP contribution in [0.25, 0.3) is 5.69 Å². The third-order valence-corrected chi connectivity index (χ3v) is 6.99. The number of piperidine rings is 1. The van der Waals surface area contributed by atoms with Gasteiger partial charge in [0.25, 0.3) is 5.69 Å². The fraction of sp³-hybridized carbons (Fsp3) is 0.391. The van der Waals surface area contributed by atoms with E-state index >= 15 is 0 Å². The highest BCUT2D eigenvalue weighted by atomic mass is 32.2. The van der Waals surface area contributed by atoms with Gasteiger partial charge in [-0.05, 0) is 69.6 Å². The molecule has 1 saturated heterocycles. The van der Waals surface area contributed by atoms with Gasteiger partial charge < -0.3 is 0 Å². The van der Waals surface area contributed by atoms with Crippen LogP contribution in [0, 0.1) is 15.9 Å². The first-order valence-corrected chi connectivity index (χ1v) is 11.7. The molecule has 3 aromatic rings. The predicted octanol–water partition coefficient (Wildman–Crippen LogP) is 5.71. The number of halogens is 1. The number of non-ortho nitro benzene ring substituents is 1. The number of aromatic nitrogens is 3. The van der Waals surface area contributed by atoms with Crippen molar-refractivity contribution >= 4 is 17.4 Å². The summed E-state index contributed by atoms with van der Waals surface area (Å²) in [5, 5.41) is 20.8. The summed E-state index contributed by atoms with van der Waals surface area (Å²) in [7, 11) is 0. The summed E-state index contributed by atoms with van der Waals surface area (Å²) in [4.78, 5) is 13.2. The summed E-state index contributed by atoms with van der Waals surface area (Å²) in [6, 6.07) is 13.0. The molecular formula is C23H26FN5O2S. The zero-order valence-corrected chi connectivity index (χ0v) is 19.0. The standard InChI is InChI=1S/C23H26FN5O2S/c1-16(27-13-4-3-5-14-27)22-25-26-23(28(22)20-11-9-19(24)10-12-20)32-17(2)18-7-6-8-21(15-18)29(30)31/h6-12,15-17H,3-5,13-14H2,1-2H3. The molecule has 0 N–H and O–H groups in total. The van der Waals surface area contributed by atoms with Gasteiger partial charge in [-0.15, -0.1) is 10.2 Å². The van der Waals surface area contributed by atoms with E-state index in [9.17, 15) is 14.5 Å². The van der Waals surface area contributed by atoms with Gasteiger partial charge in [-0.3, -0.25) is 19.6 Å². The number of hydrogen-bond donors (Lipinski definition) is 0. The van der Waals surface area contributed by atoms with Crippen LogP contribution in [0.1, 0.15) is 55.8 Å². The van der Waals surface area contributed by atoms with Gasteiger partial charge >= 0.3 is 0 Å². The maximum absolute atomic E-state index is 13.6. The van der Waals surface area contributed by atoms with E-state index in [1.54, 1.807) is 24.3 Å². The summed E-state index contributed by atoms with van der Waals surface area (Å²) < 4.78 is 15.6. The Morgan fingerprint density at radius 2 is 1.78 bits per heavy atom. The summed E-state index contributed by atoms with van der Waals surface area (Å²) in [5.41, 5.74) is 1.70. The topological polar surface area (TPSA) is 77.1 Å². The zero-order valence-electron chi connectivity index (χ0n) is 18.1. The van der Waals surface area contributed by atoms with Crippen molar-refractivity contribution < 1.29 is 9.31 Å². The van der Waals surface area contributed by atoms with E-state index in [0.29, 0.717) is 5.16 Å². The minimum absolute atomic E-state index is 0.0642. The predicted molar refractivity (Wildman–Crippen MR) is 123 cm³/mol. The van der Waals surface area contributed by atoms with Crippen molar-refractivity contribution in [3.63, 3.8) is 0 Å². The van der Waals surface area contributed by atoms with E-state index in [0.717, 1.165) is 30.2 Å². The van der Waals surface area contributed by atoms with Gasteiger partial charge in [-0.2, -0.15) is 0 Å². The van der Waals surface area contributed by atoms with Crippen molar-refractivity contribution in [1.82, 2.24) is 19.7 Å². The van der Waals surface area contributed by atoms with E-state index < -0.39 is 0 Å². The molecule has 2 aromatic carbocycles. The van der Waals surface area contributed by atoms with E-state index in [4.69, 9.17) is 0 Å². The lowest BCUT2D eigenvalue weighted by Gasteiger charge is -2.32. The molecule has 0 aliphatic carbocycles. The first kappa shape index (κ1) is 22.4. The molecule has 1 aliphatic rings. The number of hydrogen-bond acceptors (Lipinski definition) is 6. The average Bonchev–Trinajstić information content (AvgIpc) is 3.23. The Morgan fingerprint density at radius 1 is 1.06 bits per heavy atom. The molecule has 2 atom stereocenters. The molecule has 1 aliphatic heterocycles. The Labute approximate surface area is 190 Å². The molecule has 32 heavy (non-hydrogen) atoms. The van der Waals surface area contributed by atoms with Crippen LogP contribution in [0.3, 0.4) is 0 Å². The molecule has 9 heteroatoms. The molecule has 0 radical (unpaired) electrons. The molecular weight excluding hydrogens is 429 g/mol. The summed E-state index contributed by atoms with van der Waals surface area (Å²) in [5.74, 6) is 0.513. The van der Waals surface area contributed by atoms with Crippen molar-refractivity contribution in [2.24, 2.45) is 0 Å². The number of nitro benzene ring substituents is 1. The first-order chi connectivity index (χ1) is 15.4. The highest BCUT2D eigenvalue weighted by molar-refractivity contribution is 7.99. The number of nitrogens with zero attached hydrogens (tertiary/aromatic N) is 5. The third-order valence-electron chi connectivity index (χ3n) is 5.89. The lowest BCUT2D eigenvalue weighted by Crippen LogP contribution is -2.33. The zero-order chi connectivity index (χ0) is 22.7. The second-order valence-electron chi connectivity index (χ2n) is 8.04. The Hall–Kier alpha value is -2.78. The van der Waals surface area contributed by atoms with Crippen LogP contribution in [0.2, 0.25) is 0 Å². The Balaban J connectivity index is 1.68. The molecule has 168 valence electrons. The van der Waals surface area contributed by atoms with E-state index in [1.807, 2.05) is 17.6 Å². The molecule has 0 amide bonds. The van der Waals surface area contributed by atoms with Crippen molar-refractivity contribution in [2.75, 3.05) is 13.1 Å². The Bertz CT molecular complexity index is 1080. The van der Waals surface area contributed by atoms with Gasteiger partial charge in [0.1, 0.15) is 5.82 Å². The van der Waals surface area contributed by atoms with Gasteiger partial charge in [0.15, 0.2) is 11.0 Å². The van der Waals surface area contributed by atoms with Crippen LogP contribution >= 0.6 is 11.8 Å². The molecule has 1 fully saturated rings.